The molecule has 0 amide bonds. The van der Waals surface area contributed by atoms with Gasteiger partial charge in [-0.05, 0) is 35.7 Å². The lowest BCUT2D eigenvalue weighted by Gasteiger charge is -2.10. The van der Waals surface area contributed by atoms with E-state index in [2.05, 4.69) is 29.5 Å². The molecule has 0 atom stereocenters. The SMILES string of the molecule is CC(C)c1cccc(NC(N)=NCCNc2ccc(S(C)(=O)=O)cc2[N+](=O)[O-])c1.I. The molecule has 0 saturated heterocycles. The monoisotopic (exact) mass is 547 g/mol. The first-order valence-electron chi connectivity index (χ1n) is 8.97. The van der Waals surface area contributed by atoms with E-state index in [1.54, 1.807) is 0 Å². The van der Waals surface area contributed by atoms with Crippen LogP contribution in [-0.2, 0) is 9.84 Å². The second kappa shape index (κ2) is 11.1. The van der Waals surface area contributed by atoms with Crippen molar-refractivity contribution in [3.8, 4) is 0 Å². The van der Waals surface area contributed by atoms with Gasteiger partial charge in [-0.2, -0.15) is 0 Å². The Morgan fingerprint density at radius 3 is 2.53 bits per heavy atom. The molecule has 164 valence electrons. The van der Waals surface area contributed by atoms with Gasteiger partial charge in [0.25, 0.3) is 5.69 Å². The maximum Gasteiger partial charge on any atom is 0.293 e. The number of sulfone groups is 1. The molecule has 11 heteroatoms. The minimum Gasteiger partial charge on any atom is -0.378 e. The number of anilines is 2. The van der Waals surface area contributed by atoms with E-state index in [4.69, 9.17) is 5.73 Å². The van der Waals surface area contributed by atoms with Crippen molar-refractivity contribution in [2.75, 3.05) is 30.0 Å². The maximum absolute atomic E-state index is 11.6. The molecule has 2 rings (SSSR count). The van der Waals surface area contributed by atoms with E-state index < -0.39 is 14.8 Å². The Balaban J connectivity index is 0.00000450. The first kappa shape index (κ1) is 25.6. The van der Waals surface area contributed by atoms with Gasteiger partial charge in [0.05, 0.1) is 16.4 Å². The number of guanidine groups is 1. The zero-order valence-corrected chi connectivity index (χ0v) is 20.1. The third-order valence-corrected chi connectivity index (χ3v) is 5.24. The number of benzene rings is 2. The summed E-state index contributed by atoms with van der Waals surface area (Å²) < 4.78 is 23.2. The van der Waals surface area contributed by atoms with Gasteiger partial charge in [-0.25, -0.2) is 8.42 Å². The van der Waals surface area contributed by atoms with E-state index >= 15 is 0 Å². The molecule has 0 aliphatic carbocycles. The summed E-state index contributed by atoms with van der Waals surface area (Å²) in [6, 6.07) is 11.6. The molecule has 0 fully saturated rings. The lowest BCUT2D eigenvalue weighted by atomic mass is 10.0. The van der Waals surface area contributed by atoms with Gasteiger partial charge in [0.2, 0.25) is 0 Å². The van der Waals surface area contributed by atoms with Gasteiger partial charge in [0, 0.05) is 24.6 Å². The first-order chi connectivity index (χ1) is 13.6. The molecule has 0 bridgehead atoms. The molecule has 0 aliphatic heterocycles. The van der Waals surface area contributed by atoms with E-state index in [9.17, 15) is 18.5 Å². The zero-order chi connectivity index (χ0) is 21.6. The predicted molar refractivity (Wildman–Crippen MR) is 131 cm³/mol. The molecule has 30 heavy (non-hydrogen) atoms. The highest BCUT2D eigenvalue weighted by atomic mass is 127. The number of aliphatic imine (C=N–C) groups is 1. The van der Waals surface area contributed by atoms with Gasteiger partial charge in [-0.3, -0.25) is 15.1 Å². The van der Waals surface area contributed by atoms with E-state index in [0.717, 1.165) is 18.0 Å². The van der Waals surface area contributed by atoms with Crippen LogP contribution in [-0.4, -0.2) is 38.6 Å². The van der Waals surface area contributed by atoms with Crippen molar-refractivity contribution in [2.24, 2.45) is 10.7 Å². The zero-order valence-electron chi connectivity index (χ0n) is 17.0. The van der Waals surface area contributed by atoms with Crippen LogP contribution in [0.2, 0.25) is 0 Å². The van der Waals surface area contributed by atoms with Crippen LogP contribution in [0.1, 0.15) is 25.3 Å². The highest BCUT2D eigenvalue weighted by Crippen LogP contribution is 2.27. The van der Waals surface area contributed by atoms with E-state index in [-0.39, 0.29) is 59.3 Å². The largest absolute Gasteiger partial charge is 0.378 e. The second-order valence-electron chi connectivity index (χ2n) is 6.81. The fourth-order valence-corrected chi connectivity index (χ4v) is 3.21. The standard InChI is InChI=1S/C19H25N5O4S.HI/c1-13(2)14-5-4-6-15(11-14)23-19(20)22-10-9-21-17-8-7-16(29(3,27)28)12-18(17)24(25)26;/h4-8,11-13,21H,9-10H2,1-3H3,(H3,20,22,23);1H. The summed E-state index contributed by atoms with van der Waals surface area (Å²) in [5.74, 6) is 0.624. The van der Waals surface area contributed by atoms with E-state index in [1.807, 2.05) is 24.3 Å². The number of nitrogens with one attached hydrogen (secondary N) is 2. The van der Waals surface area contributed by atoms with Crippen molar-refractivity contribution in [3.63, 3.8) is 0 Å². The maximum atomic E-state index is 11.6. The lowest BCUT2D eigenvalue weighted by molar-refractivity contribution is -0.384. The molecule has 9 nitrogen and oxygen atoms in total. The molecule has 0 heterocycles. The minimum absolute atomic E-state index is 0. The summed E-state index contributed by atoms with van der Waals surface area (Å²) in [6.07, 6.45) is 1.00. The Morgan fingerprint density at radius 1 is 1.23 bits per heavy atom. The predicted octanol–water partition coefficient (Wildman–Crippen LogP) is 3.58. The van der Waals surface area contributed by atoms with Gasteiger partial charge in [0.15, 0.2) is 15.8 Å². The van der Waals surface area contributed by atoms with Crippen molar-refractivity contribution < 1.29 is 13.3 Å². The lowest BCUT2D eigenvalue weighted by Crippen LogP contribution is -2.24. The summed E-state index contributed by atoms with van der Waals surface area (Å²) >= 11 is 0. The summed E-state index contributed by atoms with van der Waals surface area (Å²) in [6.45, 7) is 4.76. The molecule has 0 spiro atoms. The van der Waals surface area contributed by atoms with Crippen molar-refractivity contribution in [1.29, 1.82) is 0 Å². The number of rotatable bonds is 8. The Labute approximate surface area is 193 Å². The number of nitro benzene ring substituents is 1. The van der Waals surface area contributed by atoms with Crippen LogP contribution in [0.15, 0.2) is 52.4 Å². The molecule has 0 aliphatic rings. The number of nitrogens with two attached hydrogens (primary N) is 1. The summed E-state index contributed by atoms with van der Waals surface area (Å²) in [4.78, 5) is 14.7. The topological polar surface area (TPSA) is 140 Å². The molecular formula is C19H26IN5O4S. The number of nitro groups is 1. The van der Waals surface area contributed by atoms with Crippen molar-refractivity contribution >= 4 is 56.8 Å². The van der Waals surface area contributed by atoms with Gasteiger partial charge < -0.3 is 16.4 Å². The molecule has 0 aromatic heterocycles. The summed E-state index contributed by atoms with van der Waals surface area (Å²) in [7, 11) is -3.53. The van der Waals surface area contributed by atoms with Crippen molar-refractivity contribution in [2.45, 2.75) is 24.7 Å². The highest BCUT2D eigenvalue weighted by molar-refractivity contribution is 14.0. The van der Waals surface area contributed by atoms with Crippen LogP contribution in [0.3, 0.4) is 0 Å². The Bertz CT molecular complexity index is 1030. The van der Waals surface area contributed by atoms with Crippen LogP contribution in [0.4, 0.5) is 17.1 Å². The second-order valence-corrected chi connectivity index (χ2v) is 8.82. The van der Waals surface area contributed by atoms with E-state index in [0.29, 0.717) is 5.92 Å². The summed E-state index contributed by atoms with van der Waals surface area (Å²) in [5.41, 5.74) is 7.80. The fourth-order valence-electron chi connectivity index (χ4n) is 2.57. The van der Waals surface area contributed by atoms with Crippen molar-refractivity contribution in [3.05, 3.63) is 58.1 Å². The number of hydrogen-bond acceptors (Lipinski definition) is 6. The normalized spacial score (nSPS) is 11.7. The molecule has 4 N–H and O–H groups in total. The number of nitrogens with zero attached hydrogens (tertiary/aromatic N) is 2. The van der Waals surface area contributed by atoms with Crippen LogP contribution >= 0.6 is 24.0 Å². The third kappa shape index (κ3) is 7.44. The van der Waals surface area contributed by atoms with Gasteiger partial charge >= 0.3 is 0 Å². The van der Waals surface area contributed by atoms with Crippen LogP contribution in [0.25, 0.3) is 0 Å². The molecular weight excluding hydrogens is 521 g/mol. The average Bonchev–Trinajstić information content (AvgIpc) is 2.64. The Morgan fingerprint density at radius 2 is 1.93 bits per heavy atom. The summed E-state index contributed by atoms with van der Waals surface area (Å²) in [5, 5.41) is 17.1. The molecule has 0 unspecified atom stereocenters. The van der Waals surface area contributed by atoms with Crippen LogP contribution < -0.4 is 16.4 Å². The molecule has 0 saturated carbocycles. The first-order valence-corrected chi connectivity index (χ1v) is 10.9. The number of hydrogen-bond donors (Lipinski definition) is 3. The Kier molecular flexibility index (Phi) is 9.49. The fraction of sp³-hybridized carbons (Fsp3) is 0.316. The molecule has 0 radical (unpaired) electrons. The highest BCUT2D eigenvalue weighted by Gasteiger charge is 2.18. The quantitative estimate of drug-likeness (QED) is 0.115. The van der Waals surface area contributed by atoms with Gasteiger partial charge in [0.1, 0.15) is 5.69 Å². The molecule has 2 aromatic carbocycles. The van der Waals surface area contributed by atoms with Gasteiger partial charge in [-0.1, -0.05) is 26.0 Å². The van der Waals surface area contributed by atoms with Crippen molar-refractivity contribution in [1.82, 2.24) is 0 Å². The number of halogens is 1. The average molecular weight is 547 g/mol. The van der Waals surface area contributed by atoms with Crippen LogP contribution in [0.5, 0.6) is 0 Å². The van der Waals surface area contributed by atoms with Gasteiger partial charge in [-0.15, -0.1) is 24.0 Å². The molecule has 2 aromatic rings. The third-order valence-electron chi connectivity index (χ3n) is 4.13. The Hall–Kier alpha value is -2.41. The smallest absolute Gasteiger partial charge is 0.293 e. The minimum atomic E-state index is -3.53. The van der Waals surface area contributed by atoms with Crippen LogP contribution in [0, 0.1) is 10.1 Å². The van der Waals surface area contributed by atoms with E-state index in [1.165, 1.54) is 17.7 Å².